The Morgan fingerprint density at radius 1 is 1.10 bits per heavy atom. The molecule has 0 bridgehead atoms. The number of fused-ring (bicyclic) bond motifs is 1. The number of hydrogen-bond donors (Lipinski definition) is 1. The Balaban J connectivity index is 1.46. The molecule has 0 unspecified atom stereocenters. The van der Waals surface area contributed by atoms with Crippen molar-refractivity contribution in [3.8, 4) is 5.75 Å². The zero-order valence-electron chi connectivity index (χ0n) is 16.4. The highest BCUT2D eigenvalue weighted by atomic mass is 16.5. The number of ether oxygens (including phenoxy) is 1. The van der Waals surface area contributed by atoms with Crippen LogP contribution in [0, 0.1) is 0 Å². The highest BCUT2D eigenvalue weighted by Crippen LogP contribution is 2.17. The monoisotopic (exact) mass is 389 g/mol. The van der Waals surface area contributed by atoms with E-state index in [1.165, 1.54) is 0 Å². The van der Waals surface area contributed by atoms with Crippen LogP contribution in [0.5, 0.6) is 5.75 Å². The molecule has 29 heavy (non-hydrogen) atoms. The van der Waals surface area contributed by atoms with Gasteiger partial charge in [0.1, 0.15) is 11.6 Å². The predicted octanol–water partition coefficient (Wildman–Crippen LogP) is 2.50. The Kier molecular flexibility index (Phi) is 5.42. The SMILES string of the molecule is COc1ccc(CC(=O)N2CCc3nc(Cc4ccccc4)[nH]c(=O)c3C2)cc1. The van der Waals surface area contributed by atoms with Crippen LogP contribution in [-0.4, -0.2) is 34.4 Å². The van der Waals surface area contributed by atoms with Crippen molar-refractivity contribution in [3.05, 3.63) is 93.2 Å². The molecule has 4 rings (SSSR count). The summed E-state index contributed by atoms with van der Waals surface area (Å²) in [7, 11) is 1.61. The summed E-state index contributed by atoms with van der Waals surface area (Å²) in [4.78, 5) is 34.6. The highest BCUT2D eigenvalue weighted by molar-refractivity contribution is 5.79. The largest absolute Gasteiger partial charge is 0.497 e. The molecular weight excluding hydrogens is 366 g/mol. The van der Waals surface area contributed by atoms with Gasteiger partial charge in [0.25, 0.3) is 5.56 Å². The molecule has 1 aromatic heterocycles. The molecule has 0 saturated heterocycles. The summed E-state index contributed by atoms with van der Waals surface area (Å²) >= 11 is 0. The Bertz CT molecular complexity index is 1060. The normalized spacial score (nSPS) is 13.1. The van der Waals surface area contributed by atoms with Crippen LogP contribution in [0.1, 0.15) is 28.2 Å². The predicted molar refractivity (Wildman–Crippen MR) is 110 cm³/mol. The Morgan fingerprint density at radius 2 is 1.86 bits per heavy atom. The van der Waals surface area contributed by atoms with Crippen molar-refractivity contribution in [2.24, 2.45) is 0 Å². The van der Waals surface area contributed by atoms with E-state index in [4.69, 9.17) is 4.74 Å². The lowest BCUT2D eigenvalue weighted by Crippen LogP contribution is -2.40. The zero-order chi connectivity index (χ0) is 20.2. The third-order valence-corrected chi connectivity index (χ3v) is 5.20. The summed E-state index contributed by atoms with van der Waals surface area (Å²) < 4.78 is 5.15. The first-order valence-corrected chi connectivity index (χ1v) is 9.68. The van der Waals surface area contributed by atoms with Gasteiger partial charge < -0.3 is 14.6 Å². The van der Waals surface area contributed by atoms with Crippen LogP contribution in [-0.2, 0) is 30.6 Å². The van der Waals surface area contributed by atoms with Crippen LogP contribution >= 0.6 is 0 Å². The van der Waals surface area contributed by atoms with E-state index >= 15 is 0 Å². The fourth-order valence-corrected chi connectivity index (χ4v) is 3.59. The van der Waals surface area contributed by atoms with Gasteiger partial charge in [0, 0.05) is 19.4 Å². The van der Waals surface area contributed by atoms with Crippen LogP contribution in [0.3, 0.4) is 0 Å². The maximum absolute atomic E-state index is 12.7. The number of benzene rings is 2. The minimum Gasteiger partial charge on any atom is -0.497 e. The van der Waals surface area contributed by atoms with Gasteiger partial charge in [-0.05, 0) is 23.3 Å². The van der Waals surface area contributed by atoms with Crippen molar-refractivity contribution in [1.82, 2.24) is 14.9 Å². The van der Waals surface area contributed by atoms with Gasteiger partial charge in [-0.3, -0.25) is 9.59 Å². The van der Waals surface area contributed by atoms with E-state index in [2.05, 4.69) is 9.97 Å². The fourth-order valence-electron chi connectivity index (χ4n) is 3.59. The first-order valence-electron chi connectivity index (χ1n) is 9.68. The van der Waals surface area contributed by atoms with Crippen molar-refractivity contribution in [2.75, 3.05) is 13.7 Å². The molecule has 0 aliphatic carbocycles. The van der Waals surface area contributed by atoms with Crippen LogP contribution in [0.15, 0.2) is 59.4 Å². The topological polar surface area (TPSA) is 75.3 Å². The zero-order valence-corrected chi connectivity index (χ0v) is 16.4. The van der Waals surface area contributed by atoms with E-state index in [0.29, 0.717) is 43.7 Å². The maximum atomic E-state index is 12.7. The lowest BCUT2D eigenvalue weighted by molar-refractivity contribution is -0.131. The summed E-state index contributed by atoms with van der Waals surface area (Å²) in [6, 6.07) is 17.4. The lowest BCUT2D eigenvalue weighted by atomic mass is 10.0. The van der Waals surface area contributed by atoms with Crippen molar-refractivity contribution in [2.45, 2.75) is 25.8 Å². The summed E-state index contributed by atoms with van der Waals surface area (Å²) in [6.07, 6.45) is 1.48. The molecule has 1 aliphatic heterocycles. The number of nitrogens with zero attached hydrogens (tertiary/aromatic N) is 2. The molecule has 6 heteroatoms. The van der Waals surface area contributed by atoms with E-state index in [1.807, 2.05) is 54.6 Å². The van der Waals surface area contributed by atoms with Crippen molar-refractivity contribution in [3.63, 3.8) is 0 Å². The molecule has 0 atom stereocenters. The number of carbonyl (C=O) groups excluding carboxylic acids is 1. The van der Waals surface area contributed by atoms with Crippen molar-refractivity contribution in [1.29, 1.82) is 0 Å². The molecule has 1 aliphatic rings. The first-order chi connectivity index (χ1) is 14.1. The quantitative estimate of drug-likeness (QED) is 0.728. The molecule has 0 spiro atoms. The highest BCUT2D eigenvalue weighted by Gasteiger charge is 2.24. The number of aromatic nitrogens is 2. The summed E-state index contributed by atoms with van der Waals surface area (Å²) in [5, 5.41) is 0. The Morgan fingerprint density at radius 3 is 2.59 bits per heavy atom. The van der Waals surface area contributed by atoms with E-state index in [0.717, 1.165) is 22.6 Å². The molecule has 1 N–H and O–H groups in total. The summed E-state index contributed by atoms with van der Waals surface area (Å²) in [5.41, 5.74) is 3.27. The summed E-state index contributed by atoms with van der Waals surface area (Å²) in [6.45, 7) is 0.876. The molecule has 2 heterocycles. The van der Waals surface area contributed by atoms with Gasteiger partial charge >= 0.3 is 0 Å². The number of aromatic amines is 1. The van der Waals surface area contributed by atoms with E-state index < -0.39 is 0 Å². The number of rotatable bonds is 5. The van der Waals surface area contributed by atoms with E-state index in [9.17, 15) is 9.59 Å². The molecule has 6 nitrogen and oxygen atoms in total. The number of H-pyrrole nitrogens is 1. The molecule has 0 saturated carbocycles. The maximum Gasteiger partial charge on any atom is 0.256 e. The fraction of sp³-hybridized carbons (Fsp3) is 0.261. The van der Waals surface area contributed by atoms with Gasteiger partial charge in [-0.2, -0.15) is 0 Å². The number of hydrogen-bond acceptors (Lipinski definition) is 4. The van der Waals surface area contributed by atoms with Gasteiger partial charge in [-0.1, -0.05) is 42.5 Å². The second-order valence-corrected chi connectivity index (χ2v) is 7.19. The van der Waals surface area contributed by atoms with Crippen molar-refractivity contribution < 1.29 is 9.53 Å². The minimum atomic E-state index is -0.150. The van der Waals surface area contributed by atoms with Gasteiger partial charge in [-0.15, -0.1) is 0 Å². The third-order valence-electron chi connectivity index (χ3n) is 5.20. The second-order valence-electron chi connectivity index (χ2n) is 7.19. The second kappa shape index (κ2) is 8.31. The average Bonchev–Trinajstić information content (AvgIpc) is 2.75. The minimum absolute atomic E-state index is 0.00794. The molecule has 0 fully saturated rings. The average molecular weight is 389 g/mol. The summed E-state index contributed by atoms with van der Waals surface area (Å²) in [5.74, 6) is 1.43. The Labute approximate surface area is 169 Å². The molecule has 3 aromatic rings. The lowest BCUT2D eigenvalue weighted by Gasteiger charge is -2.28. The van der Waals surface area contributed by atoms with Crippen LogP contribution < -0.4 is 10.3 Å². The standard InChI is InChI=1S/C23H23N3O3/c1-29-18-9-7-17(8-10-18)14-22(27)26-12-11-20-19(15-26)23(28)25-21(24-20)13-16-5-3-2-4-6-16/h2-10H,11-15H2,1H3,(H,24,25,28). The van der Waals surface area contributed by atoms with Crippen molar-refractivity contribution >= 4 is 5.91 Å². The van der Waals surface area contributed by atoms with Crippen LogP contribution in [0.4, 0.5) is 0 Å². The van der Waals surface area contributed by atoms with Crippen LogP contribution in [0.2, 0.25) is 0 Å². The van der Waals surface area contributed by atoms with Gasteiger partial charge in [0.2, 0.25) is 5.91 Å². The Hall–Kier alpha value is -3.41. The van der Waals surface area contributed by atoms with Gasteiger partial charge in [0.15, 0.2) is 0 Å². The number of nitrogens with one attached hydrogen (secondary N) is 1. The molecular formula is C23H23N3O3. The smallest absolute Gasteiger partial charge is 0.256 e. The number of methoxy groups -OCH3 is 1. The first kappa shape index (κ1) is 18.9. The van der Waals surface area contributed by atoms with E-state index in [-0.39, 0.29) is 11.5 Å². The van der Waals surface area contributed by atoms with E-state index in [1.54, 1.807) is 12.0 Å². The van der Waals surface area contributed by atoms with Gasteiger partial charge in [0.05, 0.1) is 31.3 Å². The molecule has 2 aromatic carbocycles. The number of carbonyl (C=O) groups is 1. The van der Waals surface area contributed by atoms with Gasteiger partial charge in [-0.25, -0.2) is 4.98 Å². The third kappa shape index (κ3) is 4.37. The molecule has 0 radical (unpaired) electrons. The molecule has 148 valence electrons. The molecule has 1 amide bonds. The van der Waals surface area contributed by atoms with Crippen LogP contribution in [0.25, 0.3) is 0 Å². The number of amides is 1.